The third-order valence-corrected chi connectivity index (χ3v) is 2.99. The SMILES string of the molecule is O=CC1CCOC2(CCC2)C1. The first-order valence-electron chi connectivity index (χ1n) is 4.44. The molecule has 1 atom stereocenters. The maximum absolute atomic E-state index is 10.5. The summed E-state index contributed by atoms with van der Waals surface area (Å²) in [7, 11) is 0. The normalized spacial score (nSPS) is 34.7. The van der Waals surface area contributed by atoms with Crippen LogP contribution >= 0.6 is 0 Å². The van der Waals surface area contributed by atoms with Crippen LogP contribution in [-0.4, -0.2) is 18.5 Å². The van der Waals surface area contributed by atoms with Crippen LogP contribution in [0.15, 0.2) is 0 Å². The summed E-state index contributed by atoms with van der Waals surface area (Å²) < 4.78 is 5.67. The van der Waals surface area contributed by atoms with E-state index in [0.29, 0.717) is 0 Å². The van der Waals surface area contributed by atoms with Gasteiger partial charge < -0.3 is 9.53 Å². The van der Waals surface area contributed by atoms with Gasteiger partial charge in [-0.2, -0.15) is 0 Å². The van der Waals surface area contributed by atoms with E-state index in [1.54, 1.807) is 0 Å². The van der Waals surface area contributed by atoms with Crippen LogP contribution in [0.3, 0.4) is 0 Å². The van der Waals surface area contributed by atoms with Crippen LogP contribution in [0, 0.1) is 5.92 Å². The standard InChI is InChI=1S/C9H14O2/c10-7-8-2-5-11-9(6-8)3-1-4-9/h7-8H,1-6H2. The number of aldehydes is 1. The fraction of sp³-hybridized carbons (Fsp3) is 0.889. The molecule has 2 rings (SSSR count). The first-order valence-corrected chi connectivity index (χ1v) is 4.44. The molecule has 1 aliphatic heterocycles. The zero-order valence-corrected chi connectivity index (χ0v) is 6.71. The second kappa shape index (κ2) is 2.59. The van der Waals surface area contributed by atoms with Crippen molar-refractivity contribution in [3.05, 3.63) is 0 Å². The van der Waals surface area contributed by atoms with Gasteiger partial charge in [-0.3, -0.25) is 0 Å². The number of hydrogen-bond acceptors (Lipinski definition) is 2. The number of ether oxygens (including phenoxy) is 1. The molecule has 2 fully saturated rings. The third-order valence-electron chi connectivity index (χ3n) is 2.99. The summed E-state index contributed by atoms with van der Waals surface area (Å²) in [5.41, 5.74) is 0.143. The van der Waals surface area contributed by atoms with Gasteiger partial charge in [0.25, 0.3) is 0 Å². The molecule has 0 aromatic heterocycles. The summed E-state index contributed by atoms with van der Waals surface area (Å²) in [6, 6.07) is 0. The summed E-state index contributed by atoms with van der Waals surface area (Å²) in [6.07, 6.45) is 6.66. The van der Waals surface area contributed by atoms with Crippen molar-refractivity contribution in [1.82, 2.24) is 0 Å². The monoisotopic (exact) mass is 154 g/mol. The minimum absolute atomic E-state index is 0.143. The van der Waals surface area contributed by atoms with E-state index >= 15 is 0 Å². The maximum atomic E-state index is 10.5. The second-order valence-electron chi connectivity index (χ2n) is 3.77. The topological polar surface area (TPSA) is 26.3 Å². The smallest absolute Gasteiger partial charge is 0.123 e. The van der Waals surface area contributed by atoms with E-state index in [0.717, 1.165) is 25.7 Å². The summed E-state index contributed by atoms with van der Waals surface area (Å²) in [4.78, 5) is 10.5. The summed E-state index contributed by atoms with van der Waals surface area (Å²) in [5, 5.41) is 0. The van der Waals surface area contributed by atoms with Crippen LogP contribution in [0.5, 0.6) is 0 Å². The molecule has 2 heteroatoms. The molecule has 0 amide bonds. The predicted octanol–water partition coefficient (Wildman–Crippen LogP) is 1.53. The Morgan fingerprint density at radius 1 is 1.45 bits per heavy atom. The van der Waals surface area contributed by atoms with Gasteiger partial charge in [0.2, 0.25) is 0 Å². The number of carbonyl (C=O) groups is 1. The van der Waals surface area contributed by atoms with Gasteiger partial charge in [0, 0.05) is 12.5 Å². The highest BCUT2D eigenvalue weighted by Crippen LogP contribution is 2.43. The van der Waals surface area contributed by atoms with E-state index < -0.39 is 0 Å². The van der Waals surface area contributed by atoms with Crippen molar-refractivity contribution in [2.45, 2.75) is 37.7 Å². The Balaban J connectivity index is 1.97. The minimum atomic E-state index is 0.143. The molecule has 0 radical (unpaired) electrons. The van der Waals surface area contributed by atoms with Crippen LogP contribution in [-0.2, 0) is 9.53 Å². The van der Waals surface area contributed by atoms with Crippen LogP contribution in [0.25, 0.3) is 0 Å². The van der Waals surface area contributed by atoms with Crippen molar-refractivity contribution in [3.63, 3.8) is 0 Å². The zero-order valence-electron chi connectivity index (χ0n) is 6.71. The highest BCUT2D eigenvalue weighted by atomic mass is 16.5. The molecule has 1 aliphatic carbocycles. The average Bonchev–Trinajstić information content (AvgIpc) is 2.02. The summed E-state index contributed by atoms with van der Waals surface area (Å²) >= 11 is 0. The molecule has 11 heavy (non-hydrogen) atoms. The molecule has 1 heterocycles. The third kappa shape index (κ3) is 1.20. The van der Waals surface area contributed by atoms with Crippen LogP contribution < -0.4 is 0 Å². The quantitative estimate of drug-likeness (QED) is 0.535. The molecular weight excluding hydrogens is 140 g/mol. The van der Waals surface area contributed by atoms with Crippen molar-refractivity contribution in [2.75, 3.05) is 6.61 Å². The van der Waals surface area contributed by atoms with Crippen LogP contribution in [0.2, 0.25) is 0 Å². The Hall–Kier alpha value is -0.370. The van der Waals surface area contributed by atoms with Gasteiger partial charge in [-0.25, -0.2) is 0 Å². The van der Waals surface area contributed by atoms with Crippen molar-refractivity contribution in [3.8, 4) is 0 Å². The van der Waals surface area contributed by atoms with E-state index in [1.807, 2.05) is 0 Å². The molecule has 2 aliphatic rings. The molecular formula is C9H14O2. The van der Waals surface area contributed by atoms with Gasteiger partial charge in [0.05, 0.1) is 5.60 Å². The molecule has 1 spiro atoms. The number of hydrogen-bond donors (Lipinski definition) is 0. The first-order chi connectivity index (χ1) is 5.35. The number of carbonyl (C=O) groups excluding carboxylic acids is 1. The first kappa shape index (κ1) is 7.29. The van der Waals surface area contributed by atoms with E-state index in [9.17, 15) is 4.79 Å². The lowest BCUT2D eigenvalue weighted by Gasteiger charge is -2.46. The van der Waals surface area contributed by atoms with Gasteiger partial charge in [0.1, 0.15) is 6.29 Å². The van der Waals surface area contributed by atoms with E-state index in [-0.39, 0.29) is 11.5 Å². The lowest BCUT2D eigenvalue weighted by Crippen LogP contribution is -2.45. The van der Waals surface area contributed by atoms with E-state index in [1.165, 1.54) is 19.3 Å². The van der Waals surface area contributed by atoms with Gasteiger partial charge >= 0.3 is 0 Å². The fourth-order valence-corrected chi connectivity index (χ4v) is 2.10. The molecule has 0 N–H and O–H groups in total. The Morgan fingerprint density at radius 3 is 2.82 bits per heavy atom. The minimum Gasteiger partial charge on any atom is -0.375 e. The van der Waals surface area contributed by atoms with E-state index in [2.05, 4.69) is 0 Å². The Labute approximate surface area is 66.9 Å². The van der Waals surface area contributed by atoms with E-state index in [4.69, 9.17) is 4.74 Å². The van der Waals surface area contributed by atoms with Crippen molar-refractivity contribution >= 4 is 6.29 Å². The van der Waals surface area contributed by atoms with Crippen molar-refractivity contribution in [1.29, 1.82) is 0 Å². The second-order valence-corrected chi connectivity index (χ2v) is 3.77. The summed E-state index contributed by atoms with van der Waals surface area (Å²) in [6.45, 7) is 0.795. The summed E-state index contributed by atoms with van der Waals surface area (Å²) in [5.74, 6) is 0.282. The average molecular weight is 154 g/mol. The highest BCUT2D eigenvalue weighted by Gasteiger charge is 2.42. The predicted molar refractivity (Wildman–Crippen MR) is 41.3 cm³/mol. The lowest BCUT2D eigenvalue weighted by molar-refractivity contribution is -0.149. The molecule has 0 aromatic rings. The zero-order chi connectivity index (χ0) is 7.73. The molecule has 0 aromatic carbocycles. The molecule has 2 nitrogen and oxygen atoms in total. The van der Waals surface area contributed by atoms with Gasteiger partial charge in [-0.1, -0.05) is 0 Å². The van der Waals surface area contributed by atoms with Crippen LogP contribution in [0.4, 0.5) is 0 Å². The molecule has 1 unspecified atom stereocenters. The van der Waals surface area contributed by atoms with Gasteiger partial charge in [0.15, 0.2) is 0 Å². The van der Waals surface area contributed by atoms with Crippen LogP contribution in [0.1, 0.15) is 32.1 Å². The fourth-order valence-electron chi connectivity index (χ4n) is 2.10. The molecule has 62 valence electrons. The molecule has 0 bridgehead atoms. The molecule has 1 saturated heterocycles. The molecule has 1 saturated carbocycles. The van der Waals surface area contributed by atoms with Gasteiger partial charge in [-0.15, -0.1) is 0 Å². The van der Waals surface area contributed by atoms with Crippen molar-refractivity contribution in [2.24, 2.45) is 5.92 Å². The number of rotatable bonds is 1. The maximum Gasteiger partial charge on any atom is 0.123 e. The highest BCUT2D eigenvalue weighted by molar-refractivity contribution is 5.53. The van der Waals surface area contributed by atoms with Crippen molar-refractivity contribution < 1.29 is 9.53 Å². The Kier molecular flexibility index (Phi) is 1.72. The Morgan fingerprint density at radius 2 is 2.27 bits per heavy atom. The Bertz CT molecular complexity index is 161. The largest absolute Gasteiger partial charge is 0.375 e. The lowest BCUT2D eigenvalue weighted by atomic mass is 9.72. The van der Waals surface area contributed by atoms with Gasteiger partial charge in [-0.05, 0) is 32.1 Å².